The maximum atomic E-state index is 11.6. The average molecular weight is 282 g/mol. The van der Waals surface area contributed by atoms with Crippen molar-refractivity contribution in [2.24, 2.45) is 5.73 Å². The lowest BCUT2D eigenvalue weighted by molar-refractivity contribution is -0.120. The number of ether oxygens (including phenoxy) is 1. The minimum Gasteiger partial charge on any atom is -0.497 e. The molecule has 4 nitrogen and oxygen atoms in total. The van der Waals surface area contributed by atoms with Crippen molar-refractivity contribution in [1.29, 1.82) is 0 Å². The van der Waals surface area contributed by atoms with E-state index in [1.807, 2.05) is 38.1 Å². The first-order valence-electron chi connectivity index (χ1n) is 6.23. The minimum atomic E-state index is -0.362. The van der Waals surface area contributed by atoms with Gasteiger partial charge in [0.15, 0.2) is 0 Å². The van der Waals surface area contributed by atoms with E-state index in [1.165, 1.54) is 0 Å². The van der Waals surface area contributed by atoms with Crippen LogP contribution in [0.25, 0.3) is 0 Å². The van der Waals surface area contributed by atoms with Crippen molar-refractivity contribution < 1.29 is 9.53 Å². The lowest BCUT2D eigenvalue weighted by atomic mass is 10.1. The van der Waals surface area contributed by atoms with E-state index < -0.39 is 0 Å². The first-order valence-corrected chi connectivity index (χ1v) is 7.22. The van der Waals surface area contributed by atoms with Crippen LogP contribution in [-0.2, 0) is 4.79 Å². The highest BCUT2D eigenvalue weighted by Crippen LogP contribution is 2.21. The van der Waals surface area contributed by atoms with E-state index in [0.717, 1.165) is 16.4 Å². The summed E-state index contributed by atoms with van der Waals surface area (Å²) >= 11 is 1.65. The summed E-state index contributed by atoms with van der Waals surface area (Å²) < 4.78 is 5.09. The van der Waals surface area contributed by atoms with Crippen LogP contribution in [0.4, 0.5) is 0 Å². The molecule has 0 fully saturated rings. The predicted molar refractivity (Wildman–Crippen MR) is 79.6 cm³/mol. The van der Waals surface area contributed by atoms with E-state index in [9.17, 15) is 4.79 Å². The summed E-state index contributed by atoms with van der Waals surface area (Å²) in [6.45, 7) is 4.28. The van der Waals surface area contributed by atoms with E-state index in [1.54, 1.807) is 18.9 Å². The summed E-state index contributed by atoms with van der Waals surface area (Å²) in [6.07, 6.45) is 0.493. The number of thioether (sulfide) groups is 1. The molecule has 0 unspecified atom stereocenters. The number of carbonyl (C=O) groups excluding carboxylic acids is 1. The maximum absolute atomic E-state index is 11.6. The molecule has 0 radical (unpaired) electrons. The number of hydrogen-bond donors (Lipinski definition) is 2. The van der Waals surface area contributed by atoms with Crippen LogP contribution in [0.2, 0.25) is 0 Å². The summed E-state index contributed by atoms with van der Waals surface area (Å²) in [5.74, 6) is 1.63. The predicted octanol–water partition coefficient (Wildman–Crippen LogP) is 2.03. The van der Waals surface area contributed by atoms with Crippen molar-refractivity contribution in [1.82, 2.24) is 5.32 Å². The Morgan fingerprint density at radius 1 is 1.37 bits per heavy atom. The number of amides is 1. The van der Waals surface area contributed by atoms with Gasteiger partial charge < -0.3 is 15.8 Å². The summed E-state index contributed by atoms with van der Waals surface area (Å²) in [5.41, 5.74) is 5.44. The molecule has 3 N–H and O–H groups in total. The largest absolute Gasteiger partial charge is 0.497 e. The molecular weight excluding hydrogens is 260 g/mol. The highest BCUT2D eigenvalue weighted by Gasteiger charge is 2.11. The Bertz CT molecular complexity index is 399. The second-order valence-corrected chi connectivity index (χ2v) is 6.21. The van der Waals surface area contributed by atoms with E-state index in [-0.39, 0.29) is 11.4 Å². The number of nitrogens with one attached hydrogen (secondary N) is 1. The standard InChI is InChI=1S/C14H22N2O2S/c1-14(2,15)10-16-13(17)8-9-19-12-6-4-11(18-3)5-7-12/h4-7H,8-10,15H2,1-3H3,(H,16,17). The Morgan fingerprint density at radius 3 is 2.53 bits per heavy atom. The van der Waals surface area contributed by atoms with E-state index in [0.29, 0.717) is 13.0 Å². The summed E-state index contributed by atoms with van der Waals surface area (Å²) in [7, 11) is 1.64. The SMILES string of the molecule is COc1ccc(SCCC(=O)NCC(C)(C)N)cc1. The fourth-order valence-electron chi connectivity index (χ4n) is 1.35. The molecule has 0 saturated heterocycles. The second-order valence-electron chi connectivity index (χ2n) is 5.04. The smallest absolute Gasteiger partial charge is 0.220 e. The van der Waals surface area contributed by atoms with Crippen molar-refractivity contribution in [3.05, 3.63) is 24.3 Å². The molecule has 0 saturated carbocycles. The van der Waals surface area contributed by atoms with Gasteiger partial charge in [0.25, 0.3) is 0 Å². The lowest BCUT2D eigenvalue weighted by Gasteiger charge is -2.18. The van der Waals surface area contributed by atoms with Gasteiger partial charge in [0.2, 0.25) is 5.91 Å². The van der Waals surface area contributed by atoms with Crippen LogP contribution in [0, 0.1) is 0 Å². The molecule has 19 heavy (non-hydrogen) atoms. The molecule has 0 aliphatic heterocycles. The zero-order valence-electron chi connectivity index (χ0n) is 11.7. The van der Waals surface area contributed by atoms with Gasteiger partial charge in [-0.05, 0) is 38.1 Å². The third kappa shape index (κ3) is 7.08. The maximum Gasteiger partial charge on any atom is 0.220 e. The highest BCUT2D eigenvalue weighted by atomic mass is 32.2. The number of methoxy groups -OCH3 is 1. The molecule has 0 aromatic heterocycles. The molecule has 0 aliphatic rings. The van der Waals surface area contributed by atoms with E-state index in [4.69, 9.17) is 10.5 Å². The zero-order chi connectivity index (χ0) is 14.3. The number of hydrogen-bond acceptors (Lipinski definition) is 4. The van der Waals surface area contributed by atoms with Crippen LogP contribution >= 0.6 is 11.8 Å². The molecule has 0 bridgehead atoms. The fourth-order valence-corrected chi connectivity index (χ4v) is 2.20. The third-order valence-corrected chi connectivity index (χ3v) is 3.41. The Morgan fingerprint density at radius 2 is 2.00 bits per heavy atom. The average Bonchev–Trinajstić information content (AvgIpc) is 2.36. The second kappa shape index (κ2) is 7.40. The van der Waals surface area contributed by atoms with E-state index in [2.05, 4.69) is 5.32 Å². The molecule has 1 amide bonds. The Kier molecular flexibility index (Phi) is 6.18. The Balaban J connectivity index is 2.24. The van der Waals surface area contributed by atoms with Crippen molar-refractivity contribution in [2.45, 2.75) is 30.7 Å². The van der Waals surface area contributed by atoms with Gasteiger partial charge in [0, 0.05) is 29.2 Å². The Labute approximate surface area is 119 Å². The zero-order valence-corrected chi connectivity index (χ0v) is 12.5. The van der Waals surface area contributed by atoms with Crippen LogP contribution in [0.3, 0.4) is 0 Å². The van der Waals surface area contributed by atoms with Crippen LogP contribution in [0.5, 0.6) is 5.75 Å². The fraction of sp³-hybridized carbons (Fsp3) is 0.500. The van der Waals surface area contributed by atoms with Crippen LogP contribution in [0.1, 0.15) is 20.3 Å². The topological polar surface area (TPSA) is 64.3 Å². The number of carbonyl (C=O) groups is 1. The number of nitrogens with two attached hydrogens (primary N) is 1. The minimum absolute atomic E-state index is 0.0412. The van der Waals surface area contributed by atoms with Gasteiger partial charge in [0.1, 0.15) is 5.75 Å². The van der Waals surface area contributed by atoms with Gasteiger partial charge >= 0.3 is 0 Å². The lowest BCUT2D eigenvalue weighted by Crippen LogP contribution is -2.45. The molecule has 106 valence electrons. The first-order chi connectivity index (χ1) is 8.90. The van der Waals surface area contributed by atoms with Crippen molar-refractivity contribution in [3.8, 4) is 5.75 Å². The van der Waals surface area contributed by atoms with Crippen LogP contribution < -0.4 is 15.8 Å². The molecule has 5 heteroatoms. The first kappa shape index (κ1) is 15.9. The van der Waals surface area contributed by atoms with Gasteiger partial charge in [-0.15, -0.1) is 11.8 Å². The van der Waals surface area contributed by atoms with E-state index >= 15 is 0 Å². The molecule has 0 aliphatic carbocycles. The summed E-state index contributed by atoms with van der Waals surface area (Å²) in [4.78, 5) is 12.7. The molecule has 1 aromatic carbocycles. The Hall–Kier alpha value is -1.20. The van der Waals surface area contributed by atoms with Crippen LogP contribution in [-0.4, -0.2) is 30.9 Å². The molecule has 0 heterocycles. The van der Waals surface area contributed by atoms with Gasteiger partial charge in [-0.1, -0.05) is 0 Å². The van der Waals surface area contributed by atoms with Gasteiger partial charge in [-0.2, -0.15) is 0 Å². The number of rotatable bonds is 7. The normalized spacial score (nSPS) is 11.2. The summed E-state index contributed by atoms with van der Waals surface area (Å²) in [5, 5.41) is 2.83. The van der Waals surface area contributed by atoms with Crippen molar-refractivity contribution in [3.63, 3.8) is 0 Å². The monoisotopic (exact) mass is 282 g/mol. The molecule has 1 aromatic rings. The molecule has 1 rings (SSSR count). The third-order valence-electron chi connectivity index (χ3n) is 2.40. The number of benzene rings is 1. The van der Waals surface area contributed by atoms with Gasteiger partial charge in [-0.25, -0.2) is 0 Å². The highest BCUT2D eigenvalue weighted by molar-refractivity contribution is 7.99. The molecule has 0 atom stereocenters. The van der Waals surface area contributed by atoms with Crippen molar-refractivity contribution >= 4 is 17.7 Å². The molecular formula is C14H22N2O2S. The van der Waals surface area contributed by atoms with Gasteiger partial charge in [0.05, 0.1) is 7.11 Å². The van der Waals surface area contributed by atoms with Crippen LogP contribution in [0.15, 0.2) is 29.2 Å². The van der Waals surface area contributed by atoms with Crippen molar-refractivity contribution in [2.75, 3.05) is 19.4 Å². The quantitative estimate of drug-likeness (QED) is 0.751. The molecule has 0 spiro atoms. The summed E-state index contributed by atoms with van der Waals surface area (Å²) in [6, 6.07) is 7.81. The van der Waals surface area contributed by atoms with Gasteiger partial charge in [-0.3, -0.25) is 4.79 Å².